The van der Waals surface area contributed by atoms with Gasteiger partial charge in [-0.25, -0.2) is 13.1 Å². The Kier molecular flexibility index (Phi) is 4.21. The van der Waals surface area contributed by atoms with Crippen molar-refractivity contribution in [2.24, 2.45) is 17.8 Å². The van der Waals surface area contributed by atoms with Gasteiger partial charge >= 0.3 is 0 Å². The number of nitrogens with one attached hydrogen (secondary N) is 2. The molecule has 2 saturated carbocycles. The molecule has 2 fully saturated rings. The third-order valence-electron chi connectivity index (χ3n) is 4.44. The second kappa shape index (κ2) is 5.86. The average molecular weight is 344 g/mol. The molecular formula is C13H20N4O3S2. The number of fused-ring (bicyclic) bond motifs is 2. The lowest BCUT2D eigenvalue weighted by atomic mass is 9.96. The number of amides is 1. The summed E-state index contributed by atoms with van der Waals surface area (Å²) in [4.78, 5) is 11.6. The molecule has 2 aliphatic carbocycles. The van der Waals surface area contributed by atoms with Crippen LogP contribution >= 0.6 is 11.3 Å². The Bertz CT molecular complexity index is 671. The predicted molar refractivity (Wildman–Crippen MR) is 82.9 cm³/mol. The van der Waals surface area contributed by atoms with Crippen LogP contribution in [0.4, 0.5) is 5.13 Å². The van der Waals surface area contributed by atoms with Crippen LogP contribution in [0.15, 0.2) is 4.34 Å². The van der Waals surface area contributed by atoms with Crippen LogP contribution < -0.4 is 10.0 Å². The zero-order valence-electron chi connectivity index (χ0n) is 12.6. The number of anilines is 1. The van der Waals surface area contributed by atoms with E-state index in [-0.39, 0.29) is 27.3 Å². The molecule has 0 saturated heterocycles. The monoisotopic (exact) mass is 344 g/mol. The molecule has 1 aromatic heterocycles. The van der Waals surface area contributed by atoms with Crippen molar-refractivity contribution < 1.29 is 13.2 Å². The van der Waals surface area contributed by atoms with Gasteiger partial charge in [-0.1, -0.05) is 31.6 Å². The van der Waals surface area contributed by atoms with E-state index in [2.05, 4.69) is 20.2 Å². The van der Waals surface area contributed by atoms with E-state index in [9.17, 15) is 13.2 Å². The van der Waals surface area contributed by atoms with Crippen molar-refractivity contribution in [1.82, 2.24) is 14.9 Å². The quantitative estimate of drug-likeness (QED) is 0.790. The lowest BCUT2D eigenvalue weighted by Gasteiger charge is -2.21. The van der Waals surface area contributed by atoms with Gasteiger partial charge in [0.15, 0.2) is 0 Å². The second-order valence-corrected chi connectivity index (χ2v) is 9.28. The third-order valence-corrected chi connectivity index (χ3v) is 7.13. The molecule has 2 N–H and O–H groups in total. The summed E-state index contributed by atoms with van der Waals surface area (Å²) in [6.45, 7) is 3.51. The molecule has 3 rings (SSSR count). The van der Waals surface area contributed by atoms with Crippen LogP contribution in [-0.2, 0) is 14.8 Å². The highest BCUT2D eigenvalue weighted by Crippen LogP contribution is 2.44. The lowest BCUT2D eigenvalue weighted by Crippen LogP contribution is -2.38. The molecule has 0 radical (unpaired) electrons. The topological polar surface area (TPSA) is 101 Å². The Labute approximate surface area is 134 Å². The fourth-order valence-electron chi connectivity index (χ4n) is 3.26. The number of rotatable bonds is 5. The largest absolute Gasteiger partial charge is 0.300 e. The molecule has 9 heteroatoms. The normalized spacial score (nSPS) is 27.5. The average Bonchev–Trinajstić information content (AvgIpc) is 3.13. The fraction of sp³-hybridized carbons (Fsp3) is 0.769. The molecule has 0 spiro atoms. The van der Waals surface area contributed by atoms with Crippen molar-refractivity contribution in [2.45, 2.75) is 49.9 Å². The van der Waals surface area contributed by atoms with E-state index in [1.54, 1.807) is 13.8 Å². The maximum absolute atomic E-state index is 12.4. The highest BCUT2D eigenvalue weighted by molar-refractivity contribution is 7.91. The summed E-state index contributed by atoms with van der Waals surface area (Å²) in [5.41, 5.74) is 0. The van der Waals surface area contributed by atoms with E-state index in [4.69, 9.17) is 0 Å². The number of carbonyl (C=O) groups is 1. The molecule has 2 bridgehead atoms. The van der Waals surface area contributed by atoms with Crippen LogP contribution in [0.5, 0.6) is 0 Å². The summed E-state index contributed by atoms with van der Waals surface area (Å²) >= 11 is 0.884. The van der Waals surface area contributed by atoms with E-state index in [1.165, 1.54) is 6.42 Å². The number of hydrogen-bond donors (Lipinski definition) is 2. The van der Waals surface area contributed by atoms with Gasteiger partial charge in [0.25, 0.3) is 10.0 Å². The van der Waals surface area contributed by atoms with Gasteiger partial charge in [-0.15, -0.1) is 10.2 Å². The number of nitrogens with zero attached hydrogens (tertiary/aromatic N) is 2. The highest BCUT2D eigenvalue weighted by atomic mass is 32.2. The van der Waals surface area contributed by atoms with Gasteiger partial charge in [-0.2, -0.15) is 0 Å². The van der Waals surface area contributed by atoms with Gasteiger partial charge in [-0.05, 0) is 31.1 Å². The number of aromatic nitrogens is 2. The lowest BCUT2D eigenvalue weighted by molar-refractivity contribution is -0.118. The van der Waals surface area contributed by atoms with Crippen molar-refractivity contribution in [1.29, 1.82) is 0 Å². The minimum Gasteiger partial charge on any atom is -0.300 e. The minimum absolute atomic E-state index is 0.0151. The van der Waals surface area contributed by atoms with E-state index in [0.29, 0.717) is 11.8 Å². The molecule has 7 nitrogen and oxygen atoms in total. The summed E-state index contributed by atoms with van der Waals surface area (Å²) in [7, 11) is -3.66. The van der Waals surface area contributed by atoms with Crippen LogP contribution in [0, 0.1) is 17.8 Å². The van der Waals surface area contributed by atoms with Crippen molar-refractivity contribution in [3.05, 3.63) is 0 Å². The van der Waals surface area contributed by atoms with Gasteiger partial charge in [0.2, 0.25) is 15.4 Å². The standard InChI is InChI=1S/C13H20N4O3S2/c1-7(2)11(18)14-12-15-16-13(21-12)22(19,20)17-10-6-8-3-4-9(10)5-8/h7-10,17H,3-6H2,1-2H3,(H,14,15,18)/t8-,9-,10-/m1/s1. The number of sulfonamides is 1. The molecule has 22 heavy (non-hydrogen) atoms. The first-order valence-electron chi connectivity index (χ1n) is 7.52. The van der Waals surface area contributed by atoms with Crippen molar-refractivity contribution in [2.75, 3.05) is 5.32 Å². The van der Waals surface area contributed by atoms with Crippen LogP contribution in [0.3, 0.4) is 0 Å². The molecule has 2 aliphatic rings. The molecule has 1 amide bonds. The zero-order chi connectivity index (χ0) is 15.9. The molecule has 3 atom stereocenters. The van der Waals surface area contributed by atoms with E-state index in [1.807, 2.05) is 0 Å². The Balaban J connectivity index is 1.67. The summed E-state index contributed by atoms with van der Waals surface area (Å²) < 4.78 is 27.4. The van der Waals surface area contributed by atoms with Gasteiger partial charge < -0.3 is 5.32 Å². The van der Waals surface area contributed by atoms with Gasteiger partial charge in [0.05, 0.1) is 0 Å². The zero-order valence-corrected chi connectivity index (χ0v) is 14.2. The second-order valence-electron chi connectivity index (χ2n) is 6.42. The van der Waals surface area contributed by atoms with Crippen LogP contribution in [0.1, 0.15) is 39.5 Å². The number of hydrogen-bond acceptors (Lipinski definition) is 6. The summed E-state index contributed by atoms with van der Waals surface area (Å²) in [5.74, 6) is 0.707. The maximum atomic E-state index is 12.4. The van der Waals surface area contributed by atoms with E-state index >= 15 is 0 Å². The molecule has 1 aromatic rings. The Morgan fingerprint density at radius 3 is 2.64 bits per heavy atom. The first kappa shape index (κ1) is 15.8. The minimum atomic E-state index is -3.66. The first-order chi connectivity index (χ1) is 10.3. The third kappa shape index (κ3) is 3.16. The highest BCUT2D eigenvalue weighted by Gasteiger charge is 2.41. The smallest absolute Gasteiger partial charge is 0.270 e. The van der Waals surface area contributed by atoms with Crippen molar-refractivity contribution >= 4 is 32.4 Å². The summed E-state index contributed by atoms with van der Waals surface area (Å²) in [6, 6.07) is 0.0151. The molecule has 1 heterocycles. The first-order valence-corrected chi connectivity index (χ1v) is 9.82. The van der Waals surface area contributed by atoms with E-state index < -0.39 is 10.0 Å². The van der Waals surface area contributed by atoms with E-state index in [0.717, 1.165) is 30.6 Å². The molecular weight excluding hydrogens is 324 g/mol. The summed E-state index contributed by atoms with van der Waals surface area (Å²) in [5, 5.41) is 10.2. The van der Waals surface area contributed by atoms with Gasteiger partial charge in [-0.3, -0.25) is 4.79 Å². The van der Waals surface area contributed by atoms with Crippen LogP contribution in [0.2, 0.25) is 0 Å². The molecule has 0 unspecified atom stereocenters. The van der Waals surface area contributed by atoms with Gasteiger partial charge in [0.1, 0.15) is 0 Å². The Morgan fingerprint density at radius 2 is 2.05 bits per heavy atom. The summed E-state index contributed by atoms with van der Waals surface area (Å²) in [6.07, 6.45) is 4.36. The molecule has 0 aromatic carbocycles. The Morgan fingerprint density at radius 1 is 1.27 bits per heavy atom. The number of carbonyl (C=O) groups excluding carboxylic acids is 1. The van der Waals surface area contributed by atoms with Crippen molar-refractivity contribution in [3.8, 4) is 0 Å². The molecule has 122 valence electrons. The Hall–Kier alpha value is -1.06. The maximum Gasteiger partial charge on any atom is 0.270 e. The van der Waals surface area contributed by atoms with Crippen LogP contribution in [0.25, 0.3) is 0 Å². The van der Waals surface area contributed by atoms with Gasteiger partial charge in [0, 0.05) is 12.0 Å². The van der Waals surface area contributed by atoms with Crippen LogP contribution in [-0.4, -0.2) is 30.6 Å². The predicted octanol–water partition coefficient (Wildman–Crippen LogP) is 1.60. The SMILES string of the molecule is CC(C)C(=O)Nc1nnc(S(=O)(=O)N[C@@H]2C[C@@H]3CC[C@@H]2C3)s1. The fourth-order valence-corrected chi connectivity index (χ4v) is 5.49. The molecule has 0 aliphatic heterocycles. The van der Waals surface area contributed by atoms with Crippen molar-refractivity contribution in [3.63, 3.8) is 0 Å².